The highest BCUT2D eigenvalue weighted by molar-refractivity contribution is 5.23. The Morgan fingerprint density at radius 2 is 1.55 bits per heavy atom. The molecule has 20 heavy (non-hydrogen) atoms. The number of nitrogens with zero attached hydrogens (tertiary/aromatic N) is 1. The molecule has 1 nitrogen and oxygen atoms in total. The number of hydrogen-bond acceptors (Lipinski definition) is 1. The lowest BCUT2D eigenvalue weighted by molar-refractivity contribution is 0.103. The molecule has 2 aromatic rings. The van der Waals surface area contributed by atoms with Gasteiger partial charge in [-0.25, -0.2) is 0 Å². The Hall–Kier alpha value is -1.60. The zero-order valence-corrected chi connectivity index (χ0v) is 12.2. The van der Waals surface area contributed by atoms with Crippen molar-refractivity contribution in [2.24, 2.45) is 0 Å². The third kappa shape index (κ3) is 2.78. The highest BCUT2D eigenvalue weighted by atomic mass is 15.2. The molecule has 0 radical (unpaired) electrons. The van der Waals surface area contributed by atoms with Gasteiger partial charge in [0.15, 0.2) is 0 Å². The van der Waals surface area contributed by atoms with Crippen LogP contribution in [0.15, 0.2) is 60.7 Å². The van der Waals surface area contributed by atoms with Gasteiger partial charge >= 0.3 is 0 Å². The fourth-order valence-electron chi connectivity index (χ4n) is 3.37. The monoisotopic (exact) mass is 265 g/mol. The van der Waals surface area contributed by atoms with E-state index in [0.29, 0.717) is 12.1 Å². The first kappa shape index (κ1) is 13.4. The average Bonchev–Trinajstić information content (AvgIpc) is 2.56. The number of hydrogen-bond donors (Lipinski definition) is 0. The summed E-state index contributed by atoms with van der Waals surface area (Å²) in [6, 6.07) is 22.9. The van der Waals surface area contributed by atoms with Gasteiger partial charge < -0.3 is 0 Å². The van der Waals surface area contributed by atoms with Crippen LogP contribution in [0.5, 0.6) is 0 Å². The van der Waals surface area contributed by atoms with Crippen molar-refractivity contribution in [3.63, 3.8) is 0 Å². The van der Waals surface area contributed by atoms with Crippen molar-refractivity contribution >= 4 is 0 Å². The first-order chi connectivity index (χ1) is 9.86. The van der Waals surface area contributed by atoms with Gasteiger partial charge in [0.05, 0.1) is 0 Å². The van der Waals surface area contributed by atoms with Gasteiger partial charge in [0.1, 0.15) is 0 Å². The fourth-order valence-corrected chi connectivity index (χ4v) is 3.37. The minimum Gasteiger partial charge on any atom is -0.290 e. The summed E-state index contributed by atoms with van der Waals surface area (Å²) in [6.45, 7) is 3.55. The Morgan fingerprint density at radius 1 is 0.900 bits per heavy atom. The van der Waals surface area contributed by atoms with Crippen LogP contribution in [-0.4, -0.2) is 11.4 Å². The normalized spacial score (nSPS) is 21.6. The summed E-state index contributed by atoms with van der Waals surface area (Å²) in [5.41, 5.74) is 2.89. The van der Waals surface area contributed by atoms with Crippen LogP contribution >= 0.6 is 0 Å². The molecule has 1 saturated heterocycles. The first-order valence-corrected chi connectivity index (χ1v) is 7.72. The molecule has 3 rings (SSSR count). The molecule has 0 aromatic heterocycles. The lowest BCUT2D eigenvalue weighted by Gasteiger charge is -2.40. The number of likely N-dealkylation sites (tertiary alicyclic amines) is 1. The fraction of sp³-hybridized carbons (Fsp3) is 0.368. The summed E-state index contributed by atoms with van der Waals surface area (Å²) in [4.78, 5) is 2.67. The van der Waals surface area contributed by atoms with Gasteiger partial charge in [-0.1, -0.05) is 67.1 Å². The summed E-state index contributed by atoms with van der Waals surface area (Å²) in [5.74, 6) is 0. The lowest BCUT2D eigenvalue weighted by atomic mass is 9.92. The maximum absolute atomic E-state index is 2.67. The van der Waals surface area contributed by atoms with Crippen LogP contribution in [-0.2, 0) is 0 Å². The molecule has 104 valence electrons. The maximum Gasteiger partial charge on any atom is 0.0354 e. The van der Waals surface area contributed by atoms with Crippen molar-refractivity contribution in [3.8, 4) is 0 Å². The van der Waals surface area contributed by atoms with E-state index < -0.39 is 0 Å². The first-order valence-electron chi connectivity index (χ1n) is 7.72. The van der Waals surface area contributed by atoms with Crippen molar-refractivity contribution < 1.29 is 0 Å². The molecular formula is C19H23N. The summed E-state index contributed by atoms with van der Waals surface area (Å²) in [7, 11) is 0. The van der Waals surface area contributed by atoms with E-state index in [-0.39, 0.29) is 0 Å². The van der Waals surface area contributed by atoms with Crippen LogP contribution < -0.4 is 0 Å². The molecule has 1 aliphatic rings. The predicted molar refractivity (Wildman–Crippen MR) is 84.6 cm³/mol. The molecule has 1 heteroatoms. The van der Waals surface area contributed by atoms with Crippen LogP contribution in [0, 0.1) is 0 Å². The molecule has 0 aliphatic carbocycles. The molecule has 2 aromatic carbocycles. The second kappa shape index (κ2) is 6.23. The van der Waals surface area contributed by atoms with Crippen molar-refractivity contribution in [1.82, 2.24) is 4.90 Å². The van der Waals surface area contributed by atoms with Gasteiger partial charge in [-0.3, -0.25) is 4.90 Å². The molecule has 0 unspecified atom stereocenters. The van der Waals surface area contributed by atoms with Crippen molar-refractivity contribution in [3.05, 3.63) is 71.8 Å². The summed E-state index contributed by atoms with van der Waals surface area (Å²) in [5, 5.41) is 0. The quantitative estimate of drug-likeness (QED) is 0.757. The maximum atomic E-state index is 2.67. The molecule has 1 heterocycles. The topological polar surface area (TPSA) is 3.24 Å². The van der Waals surface area contributed by atoms with Crippen LogP contribution in [0.25, 0.3) is 0 Å². The Kier molecular flexibility index (Phi) is 4.17. The van der Waals surface area contributed by atoms with Crippen molar-refractivity contribution in [2.45, 2.75) is 38.3 Å². The average molecular weight is 265 g/mol. The third-order valence-corrected chi connectivity index (χ3v) is 4.51. The van der Waals surface area contributed by atoms with Gasteiger partial charge in [0.2, 0.25) is 0 Å². The minimum atomic E-state index is 0.488. The third-order valence-electron chi connectivity index (χ3n) is 4.51. The molecule has 1 aliphatic heterocycles. The van der Waals surface area contributed by atoms with Crippen LogP contribution in [0.4, 0.5) is 0 Å². The second-order valence-corrected chi connectivity index (χ2v) is 5.75. The van der Waals surface area contributed by atoms with Gasteiger partial charge in [-0.05, 0) is 37.4 Å². The number of rotatable bonds is 3. The summed E-state index contributed by atoms with van der Waals surface area (Å²) in [6.07, 6.45) is 3.94. The smallest absolute Gasteiger partial charge is 0.0354 e. The SMILES string of the molecule is C[C@@H](c1ccccc1)N1CCCC[C@@H]1c1ccccc1. The summed E-state index contributed by atoms with van der Waals surface area (Å²) >= 11 is 0. The molecule has 0 saturated carbocycles. The van der Waals surface area contributed by atoms with E-state index in [1.54, 1.807) is 0 Å². The molecule has 0 N–H and O–H groups in total. The van der Waals surface area contributed by atoms with Gasteiger partial charge in [0.25, 0.3) is 0 Å². The van der Waals surface area contributed by atoms with Gasteiger partial charge in [-0.2, -0.15) is 0 Å². The van der Waals surface area contributed by atoms with E-state index in [1.165, 1.54) is 36.9 Å². The van der Waals surface area contributed by atoms with E-state index in [2.05, 4.69) is 72.5 Å². The minimum absolute atomic E-state index is 0.488. The van der Waals surface area contributed by atoms with E-state index in [0.717, 1.165) is 0 Å². The zero-order valence-electron chi connectivity index (χ0n) is 12.2. The lowest BCUT2D eigenvalue weighted by Crippen LogP contribution is -2.35. The highest BCUT2D eigenvalue weighted by Gasteiger charge is 2.28. The molecule has 0 bridgehead atoms. The summed E-state index contributed by atoms with van der Waals surface area (Å²) < 4.78 is 0. The molecule has 0 amide bonds. The molecule has 2 atom stereocenters. The van der Waals surface area contributed by atoms with E-state index in [9.17, 15) is 0 Å². The predicted octanol–water partition coefficient (Wildman–Crippen LogP) is 4.97. The van der Waals surface area contributed by atoms with Gasteiger partial charge in [-0.15, -0.1) is 0 Å². The van der Waals surface area contributed by atoms with E-state index in [4.69, 9.17) is 0 Å². The number of piperidine rings is 1. The Balaban J connectivity index is 1.86. The second-order valence-electron chi connectivity index (χ2n) is 5.75. The standard InChI is InChI=1S/C19H23N/c1-16(17-10-4-2-5-11-17)20-15-9-8-14-19(20)18-12-6-3-7-13-18/h2-7,10-13,16,19H,8-9,14-15H2,1H3/t16-,19+/m0/s1. The Morgan fingerprint density at radius 3 is 2.25 bits per heavy atom. The molecule has 0 spiro atoms. The van der Waals surface area contributed by atoms with E-state index >= 15 is 0 Å². The van der Waals surface area contributed by atoms with Crippen LogP contribution in [0.1, 0.15) is 49.4 Å². The van der Waals surface area contributed by atoms with Gasteiger partial charge in [0, 0.05) is 12.1 Å². The van der Waals surface area contributed by atoms with E-state index in [1.807, 2.05) is 0 Å². The highest BCUT2D eigenvalue weighted by Crippen LogP contribution is 2.37. The van der Waals surface area contributed by atoms with Crippen LogP contribution in [0.3, 0.4) is 0 Å². The zero-order chi connectivity index (χ0) is 13.8. The Bertz CT molecular complexity index is 520. The largest absolute Gasteiger partial charge is 0.290 e. The molecular weight excluding hydrogens is 242 g/mol. The Labute approximate surface area is 122 Å². The number of benzene rings is 2. The van der Waals surface area contributed by atoms with Crippen molar-refractivity contribution in [1.29, 1.82) is 0 Å². The molecule has 1 fully saturated rings. The van der Waals surface area contributed by atoms with Crippen LogP contribution in [0.2, 0.25) is 0 Å². The van der Waals surface area contributed by atoms with Crippen molar-refractivity contribution in [2.75, 3.05) is 6.54 Å².